The molecule has 2 heterocycles. The standard InChI is InChI=1S/C28H23BrN4O4S/c1-17-5-3-4-6-21(17)27-32-33-25(30)22(26(34)31-28(33)38-27)15-18-7-12-23(24(16-18)35-2)37-14-13-36-20-10-8-19(29)9-11-20/h3-12,15-16,30H,13-14H2,1-2H3/b22-15-,30-25?. The number of carbonyl (C=O) groups excluding carboxylic acids is 1. The summed E-state index contributed by atoms with van der Waals surface area (Å²) in [6.45, 7) is 2.68. The van der Waals surface area contributed by atoms with Crippen molar-refractivity contribution >= 4 is 55.7 Å². The highest BCUT2D eigenvalue weighted by atomic mass is 79.9. The predicted octanol–water partition coefficient (Wildman–Crippen LogP) is 5.89. The van der Waals surface area contributed by atoms with Crippen LogP contribution in [0.15, 0.2) is 86.9 Å². The number of carbonyl (C=O) groups is 1. The van der Waals surface area contributed by atoms with Crippen LogP contribution in [0, 0.1) is 12.3 Å². The molecule has 3 aromatic rings. The lowest BCUT2D eigenvalue weighted by molar-refractivity contribution is -0.114. The van der Waals surface area contributed by atoms with Gasteiger partial charge in [-0.1, -0.05) is 46.3 Å². The van der Waals surface area contributed by atoms with Crippen LogP contribution in [-0.2, 0) is 4.79 Å². The van der Waals surface area contributed by atoms with Gasteiger partial charge < -0.3 is 14.2 Å². The molecule has 3 aromatic carbocycles. The molecule has 5 rings (SSSR count). The first kappa shape index (κ1) is 25.7. The van der Waals surface area contributed by atoms with Crippen LogP contribution >= 0.6 is 27.7 Å². The highest BCUT2D eigenvalue weighted by molar-refractivity contribution is 9.10. The predicted molar refractivity (Wildman–Crippen MR) is 153 cm³/mol. The van der Waals surface area contributed by atoms with Gasteiger partial charge in [-0.2, -0.15) is 15.1 Å². The molecule has 0 saturated heterocycles. The van der Waals surface area contributed by atoms with E-state index in [9.17, 15) is 4.79 Å². The van der Waals surface area contributed by atoms with E-state index < -0.39 is 5.91 Å². The number of methoxy groups -OCH3 is 1. The van der Waals surface area contributed by atoms with Crippen molar-refractivity contribution in [2.45, 2.75) is 6.92 Å². The topological polar surface area (TPSA) is 96.6 Å². The summed E-state index contributed by atoms with van der Waals surface area (Å²) >= 11 is 4.68. The molecule has 0 radical (unpaired) electrons. The number of amides is 1. The number of rotatable bonds is 8. The summed E-state index contributed by atoms with van der Waals surface area (Å²) in [6, 6.07) is 20.7. The largest absolute Gasteiger partial charge is 0.493 e. The maximum absolute atomic E-state index is 12.8. The number of halogens is 1. The van der Waals surface area contributed by atoms with Gasteiger partial charge in [-0.05, 0) is 72.3 Å². The fourth-order valence-electron chi connectivity index (χ4n) is 3.82. The number of hydrazone groups is 1. The van der Waals surface area contributed by atoms with Gasteiger partial charge in [0.1, 0.15) is 24.0 Å². The molecule has 0 bridgehead atoms. The molecule has 0 saturated carbocycles. The number of benzene rings is 3. The Morgan fingerprint density at radius 3 is 2.55 bits per heavy atom. The molecule has 0 fully saturated rings. The van der Waals surface area contributed by atoms with E-state index in [1.54, 1.807) is 31.4 Å². The molecule has 2 aliphatic rings. The molecule has 2 aliphatic heterocycles. The van der Waals surface area contributed by atoms with E-state index in [4.69, 9.17) is 19.6 Å². The molecule has 10 heteroatoms. The number of nitrogens with one attached hydrogen (secondary N) is 1. The Hall–Kier alpha value is -3.89. The monoisotopic (exact) mass is 590 g/mol. The Kier molecular flexibility index (Phi) is 7.62. The van der Waals surface area contributed by atoms with E-state index in [0.29, 0.717) is 40.5 Å². The van der Waals surface area contributed by atoms with Crippen molar-refractivity contribution in [2.75, 3.05) is 20.3 Å². The molecule has 0 aliphatic carbocycles. The molecule has 192 valence electrons. The number of aliphatic imine (C=N–C) groups is 1. The van der Waals surface area contributed by atoms with E-state index >= 15 is 0 Å². The molecule has 38 heavy (non-hydrogen) atoms. The number of ether oxygens (including phenoxy) is 3. The maximum Gasteiger partial charge on any atom is 0.283 e. The van der Waals surface area contributed by atoms with Gasteiger partial charge in [0.05, 0.1) is 12.7 Å². The average molecular weight is 591 g/mol. The molecule has 8 nitrogen and oxygen atoms in total. The van der Waals surface area contributed by atoms with E-state index in [0.717, 1.165) is 21.3 Å². The zero-order chi connectivity index (χ0) is 26.6. The van der Waals surface area contributed by atoms with E-state index in [1.165, 1.54) is 16.8 Å². The van der Waals surface area contributed by atoms with Crippen LogP contribution in [0.4, 0.5) is 0 Å². The SMILES string of the molecule is COc1cc(/C=C2/C(=N)N3N=C(c4ccccc4C)SC3=NC2=O)ccc1OCCOc1ccc(Br)cc1. The van der Waals surface area contributed by atoms with Crippen LogP contribution in [0.5, 0.6) is 17.2 Å². The van der Waals surface area contributed by atoms with Crippen LogP contribution in [-0.4, -0.2) is 47.3 Å². The zero-order valence-electron chi connectivity index (χ0n) is 20.6. The van der Waals surface area contributed by atoms with Gasteiger partial charge in [0.15, 0.2) is 17.3 Å². The Bertz CT molecular complexity index is 1500. The smallest absolute Gasteiger partial charge is 0.283 e. The number of thioether (sulfide) groups is 1. The van der Waals surface area contributed by atoms with Crippen LogP contribution < -0.4 is 14.2 Å². The molecule has 0 spiro atoms. The quantitative estimate of drug-likeness (QED) is 0.259. The Labute approximate surface area is 232 Å². The zero-order valence-corrected chi connectivity index (χ0v) is 23.0. The molecular formula is C28H23BrN4O4S. The Balaban J connectivity index is 1.29. The van der Waals surface area contributed by atoms with Crippen molar-refractivity contribution in [3.8, 4) is 17.2 Å². The average Bonchev–Trinajstić information content (AvgIpc) is 3.34. The molecule has 0 atom stereocenters. The van der Waals surface area contributed by atoms with Crippen LogP contribution in [0.25, 0.3) is 6.08 Å². The summed E-state index contributed by atoms with van der Waals surface area (Å²) < 4.78 is 18.0. The number of hydrogen-bond acceptors (Lipinski definition) is 7. The van der Waals surface area contributed by atoms with Gasteiger partial charge in [0, 0.05) is 10.0 Å². The Morgan fingerprint density at radius 1 is 1.03 bits per heavy atom. The first-order chi connectivity index (χ1) is 18.4. The molecular weight excluding hydrogens is 568 g/mol. The van der Waals surface area contributed by atoms with Crippen LogP contribution in [0.1, 0.15) is 16.7 Å². The minimum atomic E-state index is -0.487. The summed E-state index contributed by atoms with van der Waals surface area (Å²) in [5.41, 5.74) is 2.81. The van der Waals surface area contributed by atoms with Crippen molar-refractivity contribution in [2.24, 2.45) is 10.1 Å². The maximum atomic E-state index is 12.8. The van der Waals surface area contributed by atoms with Crippen molar-refractivity contribution in [3.63, 3.8) is 0 Å². The minimum absolute atomic E-state index is 0.0273. The summed E-state index contributed by atoms with van der Waals surface area (Å²) in [5.74, 6) is 1.28. The first-order valence-corrected chi connectivity index (χ1v) is 13.3. The highest BCUT2D eigenvalue weighted by Gasteiger charge is 2.36. The van der Waals surface area contributed by atoms with Gasteiger partial charge >= 0.3 is 0 Å². The molecule has 0 unspecified atom stereocenters. The second-order valence-electron chi connectivity index (χ2n) is 8.30. The van der Waals surface area contributed by atoms with Crippen LogP contribution in [0.3, 0.4) is 0 Å². The number of amidine groups is 2. The van der Waals surface area contributed by atoms with Crippen molar-refractivity contribution in [1.82, 2.24) is 5.01 Å². The van der Waals surface area contributed by atoms with Gasteiger partial charge in [-0.15, -0.1) is 0 Å². The number of nitrogens with zero attached hydrogens (tertiary/aromatic N) is 3. The summed E-state index contributed by atoms with van der Waals surface area (Å²) in [6.07, 6.45) is 1.61. The van der Waals surface area contributed by atoms with E-state index in [-0.39, 0.29) is 11.4 Å². The first-order valence-electron chi connectivity index (χ1n) is 11.7. The van der Waals surface area contributed by atoms with Crippen molar-refractivity contribution < 1.29 is 19.0 Å². The second-order valence-corrected chi connectivity index (χ2v) is 10.2. The summed E-state index contributed by atoms with van der Waals surface area (Å²) in [5, 5.41) is 15.7. The van der Waals surface area contributed by atoms with Gasteiger partial charge in [0.2, 0.25) is 5.17 Å². The minimum Gasteiger partial charge on any atom is -0.493 e. The third-order valence-electron chi connectivity index (χ3n) is 5.75. The fraction of sp³-hybridized carbons (Fsp3) is 0.143. The van der Waals surface area contributed by atoms with E-state index in [1.807, 2.05) is 55.5 Å². The van der Waals surface area contributed by atoms with Crippen molar-refractivity contribution in [3.05, 3.63) is 93.5 Å². The van der Waals surface area contributed by atoms with Gasteiger partial charge in [-0.25, -0.2) is 0 Å². The Morgan fingerprint density at radius 2 is 1.79 bits per heavy atom. The lowest BCUT2D eigenvalue weighted by atomic mass is 10.1. The normalized spacial score (nSPS) is 15.8. The molecule has 1 amide bonds. The van der Waals surface area contributed by atoms with Gasteiger partial charge in [0.25, 0.3) is 5.91 Å². The molecule has 0 aromatic heterocycles. The third-order valence-corrected chi connectivity index (χ3v) is 7.22. The van der Waals surface area contributed by atoms with Crippen LogP contribution in [0.2, 0.25) is 0 Å². The number of hydrogen-bond donors (Lipinski definition) is 1. The second kappa shape index (κ2) is 11.2. The number of fused-ring (bicyclic) bond motifs is 1. The third kappa shape index (κ3) is 5.51. The van der Waals surface area contributed by atoms with Gasteiger partial charge in [-0.3, -0.25) is 10.2 Å². The number of aryl methyl sites for hydroxylation is 1. The lowest BCUT2D eigenvalue weighted by Crippen LogP contribution is -2.35. The van der Waals surface area contributed by atoms with Crippen molar-refractivity contribution in [1.29, 1.82) is 5.41 Å². The lowest BCUT2D eigenvalue weighted by Gasteiger charge is -2.20. The van der Waals surface area contributed by atoms with E-state index in [2.05, 4.69) is 26.0 Å². The summed E-state index contributed by atoms with van der Waals surface area (Å²) in [7, 11) is 1.55. The fourth-order valence-corrected chi connectivity index (χ4v) is 5.06. The molecule has 1 N–H and O–H groups in total. The summed E-state index contributed by atoms with van der Waals surface area (Å²) in [4.78, 5) is 17.0. The highest BCUT2D eigenvalue weighted by Crippen LogP contribution is 2.33.